The smallest absolute Gasteiger partial charge is 0.263 e. The number of sulfonamides is 1. The summed E-state index contributed by atoms with van der Waals surface area (Å²) in [6, 6.07) is 7.02. The van der Waals surface area contributed by atoms with Gasteiger partial charge in [0.15, 0.2) is 5.65 Å². The maximum Gasteiger partial charge on any atom is 0.263 e. The number of nitrogens with zero attached hydrogens (tertiary/aromatic N) is 4. The Morgan fingerprint density at radius 3 is 2.50 bits per heavy atom. The van der Waals surface area contributed by atoms with Gasteiger partial charge in [-0.2, -0.15) is 4.98 Å². The molecule has 0 aliphatic rings. The Bertz CT molecular complexity index is 1460. The molecule has 3 heterocycles. The van der Waals surface area contributed by atoms with E-state index in [0.29, 0.717) is 33.8 Å². The average Bonchev–Trinajstić information content (AvgIpc) is 2.73. The summed E-state index contributed by atoms with van der Waals surface area (Å²) in [5.74, 6) is -0.173. The molecule has 0 radical (unpaired) electrons. The van der Waals surface area contributed by atoms with Gasteiger partial charge in [0.2, 0.25) is 5.95 Å². The van der Waals surface area contributed by atoms with Crippen molar-refractivity contribution in [1.82, 2.24) is 19.9 Å². The van der Waals surface area contributed by atoms with Crippen LogP contribution >= 0.6 is 11.6 Å². The molecule has 0 unspecified atom stereocenters. The molecule has 32 heavy (non-hydrogen) atoms. The lowest BCUT2D eigenvalue weighted by molar-refractivity contribution is 0.600. The Morgan fingerprint density at radius 2 is 1.75 bits per heavy atom. The van der Waals surface area contributed by atoms with Gasteiger partial charge in [-0.15, -0.1) is 0 Å². The summed E-state index contributed by atoms with van der Waals surface area (Å²) in [6.07, 6.45) is 2.97. The second-order valence-electron chi connectivity index (χ2n) is 7.05. The van der Waals surface area contributed by atoms with Crippen molar-refractivity contribution in [3.63, 3.8) is 0 Å². The molecule has 4 rings (SSSR count). The van der Waals surface area contributed by atoms with E-state index in [1.54, 1.807) is 33.2 Å². The van der Waals surface area contributed by atoms with Crippen LogP contribution in [0, 0.1) is 19.7 Å². The van der Waals surface area contributed by atoms with Gasteiger partial charge in [0.1, 0.15) is 10.7 Å². The van der Waals surface area contributed by atoms with Gasteiger partial charge >= 0.3 is 0 Å². The number of fused-ring (bicyclic) bond motifs is 1. The van der Waals surface area contributed by atoms with Gasteiger partial charge < -0.3 is 5.32 Å². The fourth-order valence-electron chi connectivity index (χ4n) is 3.24. The Kier molecular flexibility index (Phi) is 5.66. The topological polar surface area (TPSA) is 110 Å². The first-order valence-electron chi connectivity index (χ1n) is 9.44. The minimum absolute atomic E-state index is 0.0562. The van der Waals surface area contributed by atoms with E-state index >= 15 is 0 Å². The zero-order valence-electron chi connectivity index (χ0n) is 17.3. The normalized spacial score (nSPS) is 11.5. The summed E-state index contributed by atoms with van der Waals surface area (Å²) in [5, 5.41) is 3.69. The summed E-state index contributed by atoms with van der Waals surface area (Å²) in [5.41, 5.74) is 2.50. The van der Waals surface area contributed by atoms with Crippen LogP contribution in [-0.4, -0.2) is 35.4 Å². The summed E-state index contributed by atoms with van der Waals surface area (Å²) < 4.78 is 42.6. The Balaban J connectivity index is 1.76. The Hall–Kier alpha value is -3.37. The molecule has 1 aromatic carbocycles. The van der Waals surface area contributed by atoms with E-state index in [9.17, 15) is 12.8 Å². The molecule has 164 valence electrons. The standard InChI is InChI=1S/C21H18ClFN6O2S/c1-11-18(6-14-9-26-21(24-3)28-20(14)27-11)13-4-16(23)8-17(5-13)29-32(30,31)19-7-15(22)10-25-12(19)2/h4-10,29H,1-3H3,(H,24,26,27,28). The van der Waals surface area contributed by atoms with Gasteiger partial charge in [0.05, 0.1) is 16.4 Å². The van der Waals surface area contributed by atoms with Crippen LogP contribution in [0.2, 0.25) is 5.02 Å². The van der Waals surface area contributed by atoms with Gasteiger partial charge in [0.25, 0.3) is 10.0 Å². The molecular weight excluding hydrogens is 455 g/mol. The van der Waals surface area contributed by atoms with Gasteiger partial charge in [-0.25, -0.2) is 22.8 Å². The van der Waals surface area contributed by atoms with Crippen molar-refractivity contribution in [2.24, 2.45) is 0 Å². The minimum Gasteiger partial charge on any atom is -0.357 e. The molecule has 3 aromatic heterocycles. The molecule has 0 spiro atoms. The van der Waals surface area contributed by atoms with Gasteiger partial charge in [0, 0.05) is 36.1 Å². The van der Waals surface area contributed by atoms with Crippen LogP contribution in [0.3, 0.4) is 0 Å². The third-order valence-corrected chi connectivity index (χ3v) is 6.44. The van der Waals surface area contributed by atoms with Crippen LogP contribution in [0.4, 0.5) is 16.0 Å². The number of pyridine rings is 2. The maximum absolute atomic E-state index is 14.5. The number of anilines is 2. The van der Waals surface area contributed by atoms with Crippen LogP contribution in [0.15, 0.2) is 47.6 Å². The fraction of sp³-hybridized carbons (Fsp3) is 0.143. The van der Waals surface area contributed by atoms with Gasteiger partial charge in [-0.3, -0.25) is 9.71 Å². The highest BCUT2D eigenvalue weighted by atomic mass is 35.5. The SMILES string of the molecule is CNc1ncc2cc(-c3cc(F)cc(NS(=O)(=O)c4cc(Cl)cnc4C)c3)c(C)nc2n1. The van der Waals surface area contributed by atoms with E-state index in [0.717, 1.165) is 6.07 Å². The molecular formula is C21H18ClFN6O2S. The van der Waals surface area contributed by atoms with E-state index in [1.807, 2.05) is 0 Å². The van der Waals surface area contributed by atoms with Crippen molar-refractivity contribution in [1.29, 1.82) is 0 Å². The van der Waals surface area contributed by atoms with Gasteiger partial charge in [-0.05, 0) is 49.7 Å². The molecule has 0 aliphatic heterocycles. The molecule has 0 aliphatic carbocycles. The first-order chi connectivity index (χ1) is 15.2. The fourth-order valence-corrected chi connectivity index (χ4v) is 4.72. The number of halogens is 2. The third-order valence-electron chi connectivity index (χ3n) is 4.74. The van der Waals surface area contributed by atoms with Crippen LogP contribution in [-0.2, 0) is 10.0 Å². The number of nitrogens with one attached hydrogen (secondary N) is 2. The highest BCUT2D eigenvalue weighted by molar-refractivity contribution is 7.92. The first kappa shape index (κ1) is 21.8. The van der Waals surface area contributed by atoms with E-state index in [1.165, 1.54) is 24.4 Å². The monoisotopic (exact) mass is 472 g/mol. The van der Waals surface area contributed by atoms with Crippen molar-refractivity contribution < 1.29 is 12.8 Å². The van der Waals surface area contributed by atoms with Crippen molar-refractivity contribution in [2.75, 3.05) is 17.1 Å². The average molecular weight is 473 g/mol. The number of hydrogen-bond acceptors (Lipinski definition) is 7. The Labute approximate surface area is 189 Å². The predicted octanol–water partition coefficient (Wildman–Crippen LogP) is 4.34. The quantitative estimate of drug-likeness (QED) is 0.444. The number of hydrogen-bond donors (Lipinski definition) is 2. The molecule has 2 N–H and O–H groups in total. The number of rotatable bonds is 5. The van der Waals surface area contributed by atoms with Crippen molar-refractivity contribution in [3.8, 4) is 11.1 Å². The zero-order valence-corrected chi connectivity index (χ0v) is 18.9. The third kappa shape index (κ3) is 4.32. The molecule has 8 nitrogen and oxygen atoms in total. The molecule has 0 saturated carbocycles. The largest absolute Gasteiger partial charge is 0.357 e. The lowest BCUT2D eigenvalue weighted by Crippen LogP contribution is -2.15. The van der Waals surface area contributed by atoms with Crippen LogP contribution in [0.25, 0.3) is 22.2 Å². The highest BCUT2D eigenvalue weighted by Crippen LogP contribution is 2.30. The molecule has 0 saturated heterocycles. The van der Waals surface area contributed by atoms with Gasteiger partial charge in [-0.1, -0.05) is 11.6 Å². The van der Waals surface area contributed by atoms with Crippen LogP contribution < -0.4 is 10.0 Å². The number of aromatic nitrogens is 4. The van der Waals surface area contributed by atoms with Crippen molar-refractivity contribution >= 4 is 44.3 Å². The summed E-state index contributed by atoms with van der Waals surface area (Å²) in [7, 11) is -2.33. The van der Waals surface area contributed by atoms with Crippen LogP contribution in [0.5, 0.6) is 0 Å². The summed E-state index contributed by atoms with van der Waals surface area (Å²) in [4.78, 5) is 16.9. The number of aryl methyl sites for hydroxylation is 2. The molecule has 0 fully saturated rings. The number of benzene rings is 1. The van der Waals surface area contributed by atoms with E-state index in [4.69, 9.17) is 11.6 Å². The summed E-state index contributed by atoms with van der Waals surface area (Å²) in [6.45, 7) is 3.32. The second kappa shape index (κ2) is 8.29. The summed E-state index contributed by atoms with van der Waals surface area (Å²) >= 11 is 5.90. The van der Waals surface area contributed by atoms with E-state index in [-0.39, 0.29) is 21.3 Å². The Morgan fingerprint density at radius 1 is 0.969 bits per heavy atom. The molecule has 0 bridgehead atoms. The molecule has 0 amide bonds. The van der Waals surface area contributed by atoms with Crippen molar-refractivity contribution in [2.45, 2.75) is 18.7 Å². The predicted molar refractivity (Wildman–Crippen MR) is 122 cm³/mol. The highest BCUT2D eigenvalue weighted by Gasteiger charge is 2.20. The van der Waals surface area contributed by atoms with E-state index < -0.39 is 15.8 Å². The lowest BCUT2D eigenvalue weighted by atomic mass is 10.0. The second-order valence-corrected chi connectivity index (χ2v) is 9.14. The van der Waals surface area contributed by atoms with Crippen LogP contribution in [0.1, 0.15) is 11.4 Å². The van der Waals surface area contributed by atoms with Crippen molar-refractivity contribution in [3.05, 3.63) is 65.0 Å². The lowest BCUT2D eigenvalue weighted by Gasteiger charge is -2.13. The first-order valence-corrected chi connectivity index (χ1v) is 11.3. The molecule has 11 heteroatoms. The molecule has 4 aromatic rings. The molecule has 0 atom stereocenters. The maximum atomic E-state index is 14.5. The van der Waals surface area contributed by atoms with E-state index in [2.05, 4.69) is 30.0 Å². The minimum atomic E-state index is -4.04. The zero-order chi connectivity index (χ0) is 23.0.